The van der Waals surface area contributed by atoms with E-state index in [1.54, 1.807) is 19.4 Å². The molecule has 1 aliphatic heterocycles. The molecule has 0 aliphatic carbocycles. The van der Waals surface area contributed by atoms with E-state index in [9.17, 15) is 4.79 Å². The molecule has 0 unspecified atom stereocenters. The molecule has 0 bridgehead atoms. The van der Waals surface area contributed by atoms with Gasteiger partial charge in [0.1, 0.15) is 5.54 Å². The van der Waals surface area contributed by atoms with Crippen molar-refractivity contribution in [2.75, 3.05) is 13.1 Å². The first-order valence-electron chi connectivity index (χ1n) is 4.96. The molecule has 14 heavy (non-hydrogen) atoms. The molecule has 4 heteroatoms. The van der Waals surface area contributed by atoms with Gasteiger partial charge in [-0.05, 0) is 32.9 Å². The van der Waals surface area contributed by atoms with Crippen LogP contribution in [0.1, 0.15) is 19.8 Å². The lowest BCUT2D eigenvalue weighted by Gasteiger charge is -2.36. The van der Waals surface area contributed by atoms with Crippen LogP contribution in [0.4, 0.5) is 0 Å². The number of rotatable bonds is 2. The molecule has 0 spiro atoms. The molecule has 1 saturated heterocycles. The van der Waals surface area contributed by atoms with Crippen molar-refractivity contribution in [2.24, 2.45) is 0 Å². The average molecular weight is 193 g/mol. The number of nitrogens with zero attached hydrogens (tertiary/aromatic N) is 2. The summed E-state index contributed by atoms with van der Waals surface area (Å²) in [7, 11) is 0. The van der Waals surface area contributed by atoms with Crippen LogP contribution in [-0.4, -0.2) is 28.4 Å². The predicted octanol–water partition coefficient (Wildman–Crippen LogP) is 0.551. The van der Waals surface area contributed by atoms with Crippen LogP contribution in [0, 0.1) is 0 Å². The molecule has 2 rings (SSSR count). The molecular weight excluding hydrogens is 178 g/mol. The summed E-state index contributed by atoms with van der Waals surface area (Å²) in [6, 6.07) is 0. The Kier molecular flexibility index (Phi) is 2.37. The Hall–Kier alpha value is -1.16. The molecule has 0 saturated carbocycles. The Bertz CT molecular complexity index is 312. The first-order valence-corrected chi connectivity index (χ1v) is 4.96. The van der Waals surface area contributed by atoms with Crippen molar-refractivity contribution >= 4 is 5.78 Å². The van der Waals surface area contributed by atoms with E-state index in [1.807, 2.05) is 10.8 Å². The lowest BCUT2D eigenvalue weighted by molar-refractivity contribution is -0.126. The molecule has 1 aromatic heterocycles. The molecular formula is C10H15N3O. The van der Waals surface area contributed by atoms with E-state index in [2.05, 4.69) is 10.3 Å². The summed E-state index contributed by atoms with van der Waals surface area (Å²) in [5, 5.41) is 3.27. The van der Waals surface area contributed by atoms with E-state index in [0.29, 0.717) is 0 Å². The molecule has 0 amide bonds. The Morgan fingerprint density at radius 3 is 2.71 bits per heavy atom. The van der Waals surface area contributed by atoms with Gasteiger partial charge < -0.3 is 9.88 Å². The predicted molar refractivity (Wildman–Crippen MR) is 53.0 cm³/mol. The lowest BCUT2D eigenvalue weighted by atomic mass is 9.84. The van der Waals surface area contributed by atoms with Gasteiger partial charge in [-0.15, -0.1) is 0 Å². The smallest absolute Gasteiger partial charge is 0.155 e. The first-order chi connectivity index (χ1) is 6.76. The third-order valence-corrected chi connectivity index (χ3v) is 3.08. The molecule has 76 valence electrons. The third kappa shape index (κ3) is 1.35. The average Bonchev–Trinajstić information content (AvgIpc) is 2.72. The summed E-state index contributed by atoms with van der Waals surface area (Å²) in [4.78, 5) is 15.8. The van der Waals surface area contributed by atoms with Crippen molar-refractivity contribution < 1.29 is 4.79 Å². The summed E-state index contributed by atoms with van der Waals surface area (Å²) in [6.45, 7) is 3.47. The van der Waals surface area contributed by atoms with E-state index in [1.165, 1.54) is 0 Å². The zero-order valence-corrected chi connectivity index (χ0v) is 8.36. The minimum absolute atomic E-state index is 0.233. The number of nitrogens with one attached hydrogen (secondary N) is 1. The number of piperidine rings is 1. The van der Waals surface area contributed by atoms with Gasteiger partial charge in [0.25, 0.3) is 0 Å². The number of ketones is 1. The summed E-state index contributed by atoms with van der Waals surface area (Å²) in [5.74, 6) is 0.233. The maximum Gasteiger partial charge on any atom is 0.155 e. The molecule has 4 nitrogen and oxygen atoms in total. The Balaban J connectivity index is 2.35. The number of carbonyl (C=O) groups excluding carboxylic acids is 1. The Morgan fingerprint density at radius 1 is 1.50 bits per heavy atom. The zero-order chi connectivity index (χ0) is 10.0. The number of imidazole rings is 1. The van der Waals surface area contributed by atoms with Gasteiger partial charge >= 0.3 is 0 Å². The van der Waals surface area contributed by atoms with E-state index in [4.69, 9.17) is 0 Å². The van der Waals surface area contributed by atoms with Crippen molar-refractivity contribution in [1.82, 2.24) is 14.9 Å². The second-order valence-electron chi connectivity index (χ2n) is 3.81. The highest BCUT2D eigenvalue weighted by molar-refractivity contribution is 5.84. The number of hydrogen-bond donors (Lipinski definition) is 1. The molecule has 1 aromatic rings. The van der Waals surface area contributed by atoms with E-state index >= 15 is 0 Å². The fraction of sp³-hybridized carbons (Fsp3) is 0.600. The standard InChI is InChI=1S/C10H15N3O/c1-9(14)10(2-4-11-5-3-10)13-7-6-12-8-13/h6-8,11H,2-5H2,1H3. The van der Waals surface area contributed by atoms with Crippen molar-refractivity contribution in [1.29, 1.82) is 0 Å². The summed E-state index contributed by atoms with van der Waals surface area (Å²) in [5.41, 5.74) is -0.345. The van der Waals surface area contributed by atoms with Gasteiger partial charge in [0, 0.05) is 12.4 Å². The van der Waals surface area contributed by atoms with Gasteiger partial charge in [-0.1, -0.05) is 0 Å². The highest BCUT2D eigenvalue weighted by atomic mass is 16.1. The lowest BCUT2D eigenvalue weighted by Crippen LogP contribution is -2.48. The van der Waals surface area contributed by atoms with Crippen LogP contribution < -0.4 is 5.32 Å². The van der Waals surface area contributed by atoms with Crippen LogP contribution in [0.5, 0.6) is 0 Å². The number of carbonyl (C=O) groups is 1. The highest BCUT2D eigenvalue weighted by Crippen LogP contribution is 2.28. The van der Waals surface area contributed by atoms with E-state index in [0.717, 1.165) is 25.9 Å². The summed E-state index contributed by atoms with van der Waals surface area (Å²) < 4.78 is 1.95. The van der Waals surface area contributed by atoms with Crippen molar-refractivity contribution in [3.05, 3.63) is 18.7 Å². The maximum absolute atomic E-state index is 11.7. The van der Waals surface area contributed by atoms with Crippen LogP contribution in [0.25, 0.3) is 0 Å². The molecule has 1 aliphatic rings. The normalized spacial score (nSPS) is 20.6. The number of Topliss-reactive ketones (excluding diaryl/α,β-unsaturated/α-hetero) is 1. The fourth-order valence-electron chi connectivity index (χ4n) is 2.14. The van der Waals surface area contributed by atoms with Crippen LogP contribution in [0.3, 0.4) is 0 Å². The molecule has 0 atom stereocenters. The quantitative estimate of drug-likeness (QED) is 0.746. The second kappa shape index (κ2) is 3.53. The third-order valence-electron chi connectivity index (χ3n) is 3.08. The molecule has 0 aromatic carbocycles. The SMILES string of the molecule is CC(=O)C1(n2ccnc2)CCNCC1. The molecule has 2 heterocycles. The Labute approximate surface area is 83.3 Å². The topological polar surface area (TPSA) is 46.9 Å². The van der Waals surface area contributed by atoms with Gasteiger partial charge in [0.2, 0.25) is 0 Å². The van der Waals surface area contributed by atoms with E-state index in [-0.39, 0.29) is 11.3 Å². The zero-order valence-electron chi connectivity index (χ0n) is 8.36. The fourth-order valence-corrected chi connectivity index (χ4v) is 2.14. The first kappa shape index (κ1) is 9.40. The van der Waals surface area contributed by atoms with Crippen LogP contribution in [-0.2, 0) is 10.3 Å². The number of hydrogen-bond acceptors (Lipinski definition) is 3. The highest BCUT2D eigenvalue weighted by Gasteiger charge is 2.37. The molecule has 0 radical (unpaired) electrons. The summed E-state index contributed by atoms with van der Waals surface area (Å²) >= 11 is 0. The van der Waals surface area contributed by atoms with Gasteiger partial charge in [-0.25, -0.2) is 4.98 Å². The van der Waals surface area contributed by atoms with Gasteiger partial charge in [0.05, 0.1) is 6.33 Å². The molecule has 1 fully saturated rings. The van der Waals surface area contributed by atoms with Crippen LogP contribution in [0.15, 0.2) is 18.7 Å². The largest absolute Gasteiger partial charge is 0.324 e. The minimum atomic E-state index is -0.345. The summed E-state index contributed by atoms with van der Waals surface area (Å²) in [6.07, 6.45) is 7.07. The monoisotopic (exact) mass is 193 g/mol. The molecule has 1 N–H and O–H groups in total. The van der Waals surface area contributed by atoms with Crippen LogP contribution >= 0.6 is 0 Å². The van der Waals surface area contributed by atoms with Crippen molar-refractivity contribution in [2.45, 2.75) is 25.3 Å². The maximum atomic E-state index is 11.7. The van der Waals surface area contributed by atoms with Crippen molar-refractivity contribution in [3.63, 3.8) is 0 Å². The van der Waals surface area contributed by atoms with Gasteiger partial charge in [-0.3, -0.25) is 4.79 Å². The second-order valence-corrected chi connectivity index (χ2v) is 3.81. The van der Waals surface area contributed by atoms with E-state index < -0.39 is 0 Å². The van der Waals surface area contributed by atoms with Gasteiger partial charge in [0.15, 0.2) is 5.78 Å². The number of aromatic nitrogens is 2. The minimum Gasteiger partial charge on any atom is -0.324 e. The Morgan fingerprint density at radius 2 is 2.21 bits per heavy atom. The van der Waals surface area contributed by atoms with Gasteiger partial charge in [-0.2, -0.15) is 0 Å². The van der Waals surface area contributed by atoms with Crippen LogP contribution in [0.2, 0.25) is 0 Å². The van der Waals surface area contributed by atoms with Crippen molar-refractivity contribution in [3.8, 4) is 0 Å².